The minimum absolute atomic E-state index is 0.0245. The Morgan fingerprint density at radius 1 is 1.05 bits per heavy atom. The molecule has 1 aromatic heterocycles. The number of sulfone groups is 1. The minimum Gasteiger partial charge on any atom is -0.497 e. The molecule has 21 heavy (non-hydrogen) atoms. The van der Waals surface area contributed by atoms with E-state index >= 15 is 0 Å². The van der Waals surface area contributed by atoms with Crippen LogP contribution in [0, 0.1) is 0 Å². The molecule has 1 N–H and O–H groups in total. The summed E-state index contributed by atoms with van der Waals surface area (Å²) in [7, 11) is -1.82. The Labute approximate surface area is 123 Å². The molecule has 0 atom stereocenters. The summed E-state index contributed by atoms with van der Waals surface area (Å²) in [5.41, 5.74) is 1.72. The largest absolute Gasteiger partial charge is 0.497 e. The van der Waals surface area contributed by atoms with Crippen molar-refractivity contribution >= 4 is 20.7 Å². The van der Waals surface area contributed by atoms with Crippen molar-refractivity contribution in [2.45, 2.75) is 10.6 Å². The molecule has 3 aromatic rings. The van der Waals surface area contributed by atoms with Crippen molar-refractivity contribution in [3.63, 3.8) is 0 Å². The number of benzene rings is 2. The van der Waals surface area contributed by atoms with Crippen molar-refractivity contribution in [3.05, 3.63) is 60.3 Å². The number of fused-ring (bicyclic) bond motifs is 1. The van der Waals surface area contributed by atoms with Gasteiger partial charge in [-0.25, -0.2) is 8.42 Å². The highest BCUT2D eigenvalue weighted by Crippen LogP contribution is 2.24. The summed E-state index contributed by atoms with van der Waals surface area (Å²) in [5.74, 6) is 0.615. The molecule has 0 radical (unpaired) electrons. The van der Waals surface area contributed by atoms with Gasteiger partial charge < -0.3 is 9.72 Å². The number of para-hydroxylation sites is 1. The fourth-order valence-electron chi connectivity index (χ4n) is 2.32. The molecule has 0 aliphatic carbocycles. The minimum atomic E-state index is -3.38. The van der Waals surface area contributed by atoms with Gasteiger partial charge in [0.05, 0.1) is 17.8 Å². The second kappa shape index (κ2) is 5.26. The van der Waals surface area contributed by atoms with Gasteiger partial charge in [-0.05, 0) is 35.9 Å². The third-order valence-electron chi connectivity index (χ3n) is 3.44. The first-order valence-electron chi connectivity index (χ1n) is 6.52. The molecular weight excluding hydrogens is 286 g/mol. The molecule has 108 valence electrons. The van der Waals surface area contributed by atoms with E-state index in [1.54, 1.807) is 37.6 Å². The molecule has 0 fully saturated rings. The van der Waals surface area contributed by atoms with Crippen LogP contribution in [0.3, 0.4) is 0 Å². The van der Waals surface area contributed by atoms with E-state index in [1.807, 2.05) is 24.3 Å². The van der Waals surface area contributed by atoms with Crippen LogP contribution < -0.4 is 4.74 Å². The van der Waals surface area contributed by atoms with Crippen molar-refractivity contribution in [1.29, 1.82) is 0 Å². The van der Waals surface area contributed by atoms with Gasteiger partial charge in [0.15, 0.2) is 9.84 Å². The standard InChI is InChI=1S/C16H15NO3S/c1-20-13-6-8-14(9-7-13)21(18,19)11-12-10-17-16-5-3-2-4-15(12)16/h2-10,17H,11H2,1H3. The number of aromatic nitrogens is 1. The van der Waals surface area contributed by atoms with Gasteiger partial charge in [-0.2, -0.15) is 0 Å². The Bertz CT molecular complexity index is 864. The van der Waals surface area contributed by atoms with Crippen LogP contribution in [-0.4, -0.2) is 20.5 Å². The highest BCUT2D eigenvalue weighted by molar-refractivity contribution is 7.90. The van der Waals surface area contributed by atoms with Crippen molar-refractivity contribution in [1.82, 2.24) is 4.98 Å². The van der Waals surface area contributed by atoms with Gasteiger partial charge in [0.1, 0.15) is 5.75 Å². The van der Waals surface area contributed by atoms with Crippen LogP contribution in [0.2, 0.25) is 0 Å². The van der Waals surface area contributed by atoms with E-state index in [9.17, 15) is 8.42 Å². The normalized spacial score (nSPS) is 11.7. The fourth-order valence-corrected chi connectivity index (χ4v) is 3.69. The molecule has 0 unspecified atom stereocenters. The van der Waals surface area contributed by atoms with Gasteiger partial charge in [-0.1, -0.05) is 18.2 Å². The molecule has 3 rings (SSSR count). The molecule has 4 nitrogen and oxygen atoms in total. The van der Waals surface area contributed by atoms with Crippen molar-refractivity contribution in [2.24, 2.45) is 0 Å². The second-order valence-electron chi connectivity index (χ2n) is 4.79. The van der Waals surface area contributed by atoms with E-state index in [2.05, 4.69) is 4.98 Å². The number of H-pyrrole nitrogens is 1. The zero-order valence-corrected chi connectivity index (χ0v) is 12.4. The van der Waals surface area contributed by atoms with E-state index in [0.29, 0.717) is 10.6 Å². The Morgan fingerprint density at radius 2 is 1.76 bits per heavy atom. The van der Waals surface area contributed by atoms with Gasteiger partial charge in [0, 0.05) is 17.1 Å². The average Bonchev–Trinajstić information content (AvgIpc) is 2.90. The van der Waals surface area contributed by atoms with E-state index < -0.39 is 9.84 Å². The molecule has 0 spiro atoms. The Balaban J connectivity index is 1.95. The third-order valence-corrected chi connectivity index (χ3v) is 5.12. The lowest BCUT2D eigenvalue weighted by atomic mass is 10.2. The lowest BCUT2D eigenvalue weighted by Crippen LogP contribution is -2.04. The fraction of sp³-hybridized carbons (Fsp3) is 0.125. The summed E-state index contributed by atoms with van der Waals surface area (Å²) in [4.78, 5) is 3.40. The lowest BCUT2D eigenvalue weighted by molar-refractivity contribution is 0.414. The molecule has 0 aliphatic rings. The van der Waals surface area contributed by atoms with Gasteiger partial charge in [0.25, 0.3) is 0 Å². The molecule has 0 saturated carbocycles. The van der Waals surface area contributed by atoms with E-state index in [0.717, 1.165) is 16.5 Å². The number of rotatable bonds is 4. The highest BCUT2D eigenvalue weighted by Gasteiger charge is 2.17. The maximum Gasteiger partial charge on any atom is 0.182 e. The van der Waals surface area contributed by atoms with Crippen LogP contribution in [0.15, 0.2) is 59.6 Å². The Kier molecular flexibility index (Phi) is 3.43. The zero-order chi connectivity index (χ0) is 14.9. The van der Waals surface area contributed by atoms with Crippen molar-refractivity contribution < 1.29 is 13.2 Å². The Morgan fingerprint density at radius 3 is 2.48 bits per heavy atom. The van der Waals surface area contributed by atoms with E-state index in [4.69, 9.17) is 4.74 Å². The van der Waals surface area contributed by atoms with Gasteiger partial charge >= 0.3 is 0 Å². The highest BCUT2D eigenvalue weighted by atomic mass is 32.2. The number of ether oxygens (including phenoxy) is 1. The number of hydrogen-bond donors (Lipinski definition) is 1. The first-order valence-corrected chi connectivity index (χ1v) is 8.17. The smallest absolute Gasteiger partial charge is 0.182 e. The van der Waals surface area contributed by atoms with Crippen LogP contribution in [-0.2, 0) is 15.6 Å². The molecular formula is C16H15NO3S. The lowest BCUT2D eigenvalue weighted by Gasteiger charge is -2.05. The molecule has 0 aliphatic heterocycles. The SMILES string of the molecule is COc1ccc(S(=O)(=O)Cc2c[nH]c3ccccc23)cc1. The molecule has 5 heteroatoms. The monoisotopic (exact) mass is 301 g/mol. The summed E-state index contributed by atoms with van der Waals surface area (Å²) in [6.07, 6.45) is 1.76. The van der Waals surface area contributed by atoms with Gasteiger partial charge in [-0.3, -0.25) is 0 Å². The van der Waals surface area contributed by atoms with Crippen molar-refractivity contribution in [2.75, 3.05) is 7.11 Å². The summed E-state index contributed by atoms with van der Waals surface area (Å²) in [6.45, 7) is 0. The maximum absolute atomic E-state index is 12.5. The molecule has 2 aromatic carbocycles. The summed E-state index contributed by atoms with van der Waals surface area (Å²) in [6, 6.07) is 14.1. The molecule has 0 amide bonds. The Hall–Kier alpha value is -2.27. The number of methoxy groups -OCH3 is 1. The quantitative estimate of drug-likeness (QED) is 0.805. The summed E-state index contributed by atoms with van der Waals surface area (Å²) < 4.78 is 30.0. The topological polar surface area (TPSA) is 59.2 Å². The van der Waals surface area contributed by atoms with Crippen molar-refractivity contribution in [3.8, 4) is 5.75 Å². The third kappa shape index (κ3) is 2.64. The van der Waals surface area contributed by atoms with Crippen LogP contribution in [0.1, 0.15) is 5.56 Å². The summed E-state index contributed by atoms with van der Waals surface area (Å²) >= 11 is 0. The van der Waals surface area contributed by atoms with Crippen LogP contribution in [0.4, 0.5) is 0 Å². The number of nitrogens with one attached hydrogen (secondary N) is 1. The van der Waals surface area contributed by atoms with Crippen LogP contribution in [0.25, 0.3) is 10.9 Å². The first-order chi connectivity index (χ1) is 10.1. The number of aromatic amines is 1. The molecule has 1 heterocycles. The average molecular weight is 301 g/mol. The molecule has 0 saturated heterocycles. The van der Waals surface area contributed by atoms with Gasteiger partial charge in [-0.15, -0.1) is 0 Å². The van der Waals surface area contributed by atoms with E-state index in [1.165, 1.54) is 0 Å². The van der Waals surface area contributed by atoms with Crippen LogP contribution in [0.5, 0.6) is 5.75 Å². The van der Waals surface area contributed by atoms with Crippen LogP contribution >= 0.6 is 0 Å². The number of hydrogen-bond acceptors (Lipinski definition) is 3. The first kappa shape index (κ1) is 13.7. The zero-order valence-electron chi connectivity index (χ0n) is 11.5. The van der Waals surface area contributed by atoms with E-state index in [-0.39, 0.29) is 5.75 Å². The summed E-state index contributed by atoms with van der Waals surface area (Å²) in [5, 5.41) is 0.939. The second-order valence-corrected chi connectivity index (χ2v) is 6.78. The van der Waals surface area contributed by atoms with Gasteiger partial charge in [0.2, 0.25) is 0 Å². The predicted octanol–water partition coefficient (Wildman–Crippen LogP) is 3.15. The predicted molar refractivity (Wildman–Crippen MR) is 82.2 cm³/mol. The molecule has 0 bridgehead atoms. The maximum atomic E-state index is 12.5.